The standard InChI is InChI=1S/C57H72O17/c1-10-32-69-48(63)38-11-13-39(14-12-38)49(64)70-33-23-44(59)54(2,3)27-28-55(4,5)45(60)24-34-71-50(65)40-15-17-41(18-16-40)51(66)72-35-25-46(61)56(6,7)29-30-57(8,9)47(62)26-36-73-52(67)42-19-21-43(22-20-42)53(68)74-37-31-58/h11-22,58H,10,23-37H2,1-9H3. The summed E-state index contributed by atoms with van der Waals surface area (Å²) < 4.78 is 31.2. The van der Waals surface area contributed by atoms with Gasteiger partial charge in [-0.1, -0.05) is 62.3 Å². The third-order valence-electron chi connectivity index (χ3n) is 12.8. The number of ether oxygens (including phenoxy) is 6. The quantitative estimate of drug-likeness (QED) is 0.0453. The van der Waals surface area contributed by atoms with E-state index in [9.17, 15) is 47.9 Å². The van der Waals surface area contributed by atoms with Crippen LogP contribution in [0.5, 0.6) is 0 Å². The summed E-state index contributed by atoms with van der Waals surface area (Å²) in [6.45, 7) is 15.1. The van der Waals surface area contributed by atoms with Crippen LogP contribution in [0.15, 0.2) is 72.8 Å². The number of hydrogen-bond donors (Lipinski definition) is 1. The molecule has 0 aliphatic carbocycles. The third kappa shape index (κ3) is 19.5. The lowest BCUT2D eigenvalue weighted by Crippen LogP contribution is -2.31. The molecule has 0 aliphatic heterocycles. The molecule has 74 heavy (non-hydrogen) atoms. The highest BCUT2D eigenvalue weighted by atomic mass is 16.6. The SMILES string of the molecule is CCCOC(=O)c1ccc(C(=O)OCCC(=O)C(C)(C)CCC(C)(C)C(=O)CCOC(=O)c2ccc(C(=O)OCCC(=O)C(C)(C)CCC(C)(C)C(=O)CCOC(=O)c3ccc(C(=O)OCCO)cc3)cc2)cc1. The van der Waals surface area contributed by atoms with Crippen LogP contribution >= 0.6 is 0 Å². The number of aliphatic hydroxyl groups excluding tert-OH is 1. The average Bonchev–Trinajstić information content (AvgIpc) is 3.38. The summed E-state index contributed by atoms with van der Waals surface area (Å²) in [5.41, 5.74) is -2.14. The summed E-state index contributed by atoms with van der Waals surface area (Å²) in [6.07, 6.45) is 1.96. The number of aliphatic hydroxyl groups is 1. The van der Waals surface area contributed by atoms with Gasteiger partial charge < -0.3 is 33.5 Å². The van der Waals surface area contributed by atoms with Crippen molar-refractivity contribution in [1.82, 2.24) is 0 Å². The van der Waals surface area contributed by atoms with E-state index >= 15 is 0 Å². The molecule has 17 heteroatoms. The first kappa shape index (κ1) is 61.4. The fourth-order valence-electron chi connectivity index (χ4n) is 7.17. The van der Waals surface area contributed by atoms with Crippen LogP contribution in [0.25, 0.3) is 0 Å². The maximum atomic E-state index is 13.2. The van der Waals surface area contributed by atoms with Crippen molar-refractivity contribution in [3.63, 3.8) is 0 Å². The molecule has 3 aromatic carbocycles. The van der Waals surface area contributed by atoms with E-state index < -0.39 is 57.5 Å². The largest absolute Gasteiger partial charge is 0.462 e. The van der Waals surface area contributed by atoms with Gasteiger partial charge in [0.15, 0.2) is 0 Å². The van der Waals surface area contributed by atoms with Gasteiger partial charge in [-0.05, 0) is 105 Å². The van der Waals surface area contributed by atoms with Crippen LogP contribution in [-0.4, -0.2) is 110 Å². The van der Waals surface area contributed by atoms with Crippen molar-refractivity contribution in [3.8, 4) is 0 Å². The molecular formula is C57H72O17. The highest BCUT2D eigenvalue weighted by molar-refractivity contribution is 5.96. The second-order valence-corrected chi connectivity index (χ2v) is 20.5. The van der Waals surface area contributed by atoms with E-state index in [1.807, 2.05) is 6.92 Å². The van der Waals surface area contributed by atoms with Crippen molar-refractivity contribution in [2.75, 3.05) is 46.2 Å². The minimum Gasteiger partial charge on any atom is -0.462 e. The summed E-state index contributed by atoms with van der Waals surface area (Å²) >= 11 is 0. The Balaban J connectivity index is 1.34. The number of hydrogen-bond acceptors (Lipinski definition) is 17. The molecule has 0 heterocycles. The Morgan fingerprint density at radius 1 is 0.324 bits per heavy atom. The molecule has 0 aromatic heterocycles. The van der Waals surface area contributed by atoms with Gasteiger partial charge >= 0.3 is 35.8 Å². The van der Waals surface area contributed by atoms with Gasteiger partial charge in [-0.2, -0.15) is 0 Å². The monoisotopic (exact) mass is 1030 g/mol. The van der Waals surface area contributed by atoms with Crippen molar-refractivity contribution >= 4 is 58.9 Å². The Kier molecular flexibility index (Phi) is 23.7. The molecule has 1 N–H and O–H groups in total. The molecular weight excluding hydrogens is 957 g/mol. The summed E-state index contributed by atoms with van der Waals surface area (Å²) in [6, 6.07) is 17.0. The average molecular weight is 1030 g/mol. The minimum atomic E-state index is -0.847. The molecule has 3 rings (SSSR count). The fourth-order valence-corrected chi connectivity index (χ4v) is 7.17. The second-order valence-electron chi connectivity index (χ2n) is 20.5. The molecule has 3 aromatic rings. The van der Waals surface area contributed by atoms with Gasteiger partial charge in [-0.15, -0.1) is 0 Å². The first-order valence-corrected chi connectivity index (χ1v) is 24.8. The molecule has 402 valence electrons. The van der Waals surface area contributed by atoms with Crippen LogP contribution in [0.4, 0.5) is 0 Å². The van der Waals surface area contributed by atoms with Gasteiger partial charge in [-0.25, -0.2) is 28.8 Å². The lowest BCUT2D eigenvalue weighted by Gasteiger charge is -2.29. The maximum Gasteiger partial charge on any atom is 0.338 e. The van der Waals surface area contributed by atoms with E-state index in [0.29, 0.717) is 44.3 Å². The van der Waals surface area contributed by atoms with E-state index in [0.717, 1.165) is 0 Å². The van der Waals surface area contributed by atoms with Gasteiger partial charge in [0.05, 0.1) is 73.0 Å². The van der Waals surface area contributed by atoms with Crippen LogP contribution in [0.2, 0.25) is 0 Å². The number of rotatable bonds is 32. The number of ketones is 4. The number of Topliss-reactive ketones (excluding diaryl/α,β-unsaturated/α-hetero) is 4. The Labute approximate surface area is 433 Å². The predicted molar refractivity (Wildman–Crippen MR) is 270 cm³/mol. The van der Waals surface area contributed by atoms with Gasteiger partial charge in [0.1, 0.15) is 29.7 Å². The van der Waals surface area contributed by atoms with Crippen molar-refractivity contribution in [2.24, 2.45) is 21.7 Å². The number of carbonyl (C=O) groups is 10. The minimum absolute atomic E-state index is 0.0241. The maximum absolute atomic E-state index is 13.2. The molecule has 0 unspecified atom stereocenters. The summed E-state index contributed by atoms with van der Waals surface area (Å²) in [7, 11) is 0. The van der Waals surface area contributed by atoms with Crippen molar-refractivity contribution in [3.05, 3.63) is 106 Å². The number of benzene rings is 3. The molecule has 0 saturated heterocycles. The van der Waals surface area contributed by atoms with Crippen molar-refractivity contribution in [2.45, 2.75) is 120 Å². The lowest BCUT2D eigenvalue weighted by molar-refractivity contribution is -0.131. The lowest BCUT2D eigenvalue weighted by atomic mass is 9.74. The molecule has 17 nitrogen and oxygen atoms in total. The first-order chi connectivity index (χ1) is 34.7. The Morgan fingerprint density at radius 2 is 0.500 bits per heavy atom. The van der Waals surface area contributed by atoms with Crippen LogP contribution in [0.1, 0.15) is 182 Å². The van der Waals surface area contributed by atoms with E-state index in [1.54, 1.807) is 55.4 Å². The highest BCUT2D eigenvalue weighted by Crippen LogP contribution is 2.35. The summed E-state index contributed by atoms with van der Waals surface area (Å²) in [5, 5.41) is 8.81. The molecule has 0 bridgehead atoms. The van der Waals surface area contributed by atoms with Crippen LogP contribution < -0.4 is 0 Å². The van der Waals surface area contributed by atoms with E-state index in [1.165, 1.54) is 72.8 Å². The van der Waals surface area contributed by atoms with Crippen LogP contribution in [-0.2, 0) is 47.6 Å². The Hall–Kier alpha value is -6.88. The topological polar surface area (TPSA) is 246 Å². The van der Waals surface area contributed by atoms with E-state index in [4.69, 9.17) is 33.5 Å². The fraction of sp³-hybridized carbons (Fsp3) is 0.509. The normalized spacial score (nSPS) is 11.7. The smallest absolute Gasteiger partial charge is 0.338 e. The van der Waals surface area contributed by atoms with Crippen molar-refractivity contribution in [1.29, 1.82) is 0 Å². The molecule has 0 spiro atoms. The molecule has 0 amide bonds. The van der Waals surface area contributed by atoms with E-state index in [-0.39, 0.29) is 116 Å². The zero-order chi connectivity index (χ0) is 55.3. The zero-order valence-electron chi connectivity index (χ0n) is 44.2. The first-order valence-electron chi connectivity index (χ1n) is 24.8. The van der Waals surface area contributed by atoms with Gasteiger partial charge in [0.25, 0.3) is 0 Å². The second kappa shape index (κ2) is 28.5. The molecule has 0 fully saturated rings. The van der Waals surface area contributed by atoms with Crippen LogP contribution in [0.3, 0.4) is 0 Å². The number of esters is 6. The third-order valence-corrected chi connectivity index (χ3v) is 12.8. The molecule has 0 atom stereocenters. The predicted octanol–water partition coefficient (Wildman–Crippen LogP) is 8.93. The van der Waals surface area contributed by atoms with Crippen molar-refractivity contribution < 1.29 is 81.5 Å². The molecule has 0 saturated carbocycles. The zero-order valence-corrected chi connectivity index (χ0v) is 44.2. The summed E-state index contributed by atoms with van der Waals surface area (Å²) in [5.74, 6) is -4.46. The van der Waals surface area contributed by atoms with Gasteiger partial charge in [0, 0.05) is 47.3 Å². The number of carbonyl (C=O) groups excluding carboxylic acids is 10. The van der Waals surface area contributed by atoms with Crippen LogP contribution in [0, 0.1) is 21.7 Å². The van der Waals surface area contributed by atoms with Gasteiger partial charge in [0.2, 0.25) is 0 Å². The molecule has 0 aliphatic rings. The molecule has 0 radical (unpaired) electrons. The summed E-state index contributed by atoms with van der Waals surface area (Å²) in [4.78, 5) is 127. The highest BCUT2D eigenvalue weighted by Gasteiger charge is 2.35. The Bertz CT molecular complexity index is 2270. The van der Waals surface area contributed by atoms with Gasteiger partial charge in [-0.3, -0.25) is 19.2 Å². The Morgan fingerprint density at radius 3 is 0.676 bits per heavy atom. The van der Waals surface area contributed by atoms with E-state index in [2.05, 4.69) is 0 Å².